The maximum Gasteiger partial charge on any atom is 0.317 e. The molecular formula is C10H18N2O4. The summed E-state index contributed by atoms with van der Waals surface area (Å²) in [4.78, 5) is 23.8. The number of nitrogens with zero attached hydrogens (tertiary/aromatic N) is 1. The standard InChI is InChI=1S/C10H18N2O4/c1-2-7(9(14)15)5-11-10(16)12-4-3-8(13)6-12/h7-8,13H,2-6H2,1H3,(H,11,16)(H,14,15). The molecule has 2 atom stereocenters. The summed E-state index contributed by atoms with van der Waals surface area (Å²) in [6.07, 6.45) is 0.620. The molecule has 1 rings (SSSR count). The van der Waals surface area contributed by atoms with Crippen LogP contribution in [0.5, 0.6) is 0 Å². The second kappa shape index (κ2) is 5.69. The number of aliphatic hydroxyl groups is 1. The Labute approximate surface area is 94.2 Å². The first-order valence-electron chi connectivity index (χ1n) is 5.48. The Morgan fingerprint density at radius 1 is 1.56 bits per heavy atom. The zero-order valence-electron chi connectivity index (χ0n) is 9.35. The zero-order chi connectivity index (χ0) is 12.1. The lowest BCUT2D eigenvalue weighted by Gasteiger charge is -2.18. The third-order valence-electron chi connectivity index (χ3n) is 2.79. The van der Waals surface area contributed by atoms with Crippen molar-refractivity contribution < 1.29 is 19.8 Å². The number of aliphatic carboxylic acids is 1. The Hall–Kier alpha value is -1.30. The van der Waals surface area contributed by atoms with Gasteiger partial charge in [-0.15, -0.1) is 0 Å². The number of aliphatic hydroxyl groups excluding tert-OH is 1. The second-order valence-corrected chi connectivity index (χ2v) is 4.02. The molecule has 92 valence electrons. The van der Waals surface area contributed by atoms with E-state index in [2.05, 4.69) is 5.32 Å². The molecule has 1 saturated heterocycles. The van der Waals surface area contributed by atoms with Crippen LogP contribution in [0, 0.1) is 5.92 Å². The minimum atomic E-state index is -0.899. The molecule has 0 aromatic carbocycles. The Morgan fingerprint density at radius 2 is 2.25 bits per heavy atom. The summed E-state index contributed by atoms with van der Waals surface area (Å²) >= 11 is 0. The van der Waals surface area contributed by atoms with E-state index in [9.17, 15) is 14.7 Å². The Kier molecular flexibility index (Phi) is 4.54. The number of carboxylic acids is 1. The SMILES string of the molecule is CCC(CNC(=O)N1CCC(O)C1)C(=O)O. The van der Waals surface area contributed by atoms with E-state index < -0.39 is 18.0 Å². The van der Waals surface area contributed by atoms with Crippen LogP contribution in [0.2, 0.25) is 0 Å². The van der Waals surface area contributed by atoms with Crippen molar-refractivity contribution >= 4 is 12.0 Å². The molecule has 16 heavy (non-hydrogen) atoms. The molecule has 0 aliphatic carbocycles. The first-order chi connectivity index (χ1) is 7.54. The van der Waals surface area contributed by atoms with Crippen LogP contribution >= 0.6 is 0 Å². The highest BCUT2D eigenvalue weighted by Crippen LogP contribution is 2.09. The van der Waals surface area contributed by atoms with E-state index >= 15 is 0 Å². The highest BCUT2D eigenvalue weighted by Gasteiger charge is 2.25. The van der Waals surface area contributed by atoms with Crippen molar-refractivity contribution in [3.05, 3.63) is 0 Å². The van der Waals surface area contributed by atoms with Gasteiger partial charge in [-0.1, -0.05) is 6.92 Å². The number of carboxylic acid groups (broad SMARTS) is 1. The highest BCUT2D eigenvalue weighted by atomic mass is 16.4. The summed E-state index contributed by atoms with van der Waals surface area (Å²) in [6.45, 7) is 2.76. The van der Waals surface area contributed by atoms with E-state index in [-0.39, 0.29) is 12.6 Å². The van der Waals surface area contributed by atoms with Gasteiger partial charge in [0.2, 0.25) is 0 Å². The fourth-order valence-corrected chi connectivity index (χ4v) is 1.65. The monoisotopic (exact) mass is 230 g/mol. The maximum atomic E-state index is 11.5. The van der Waals surface area contributed by atoms with Gasteiger partial charge in [-0.25, -0.2) is 4.79 Å². The van der Waals surface area contributed by atoms with E-state index in [1.165, 1.54) is 4.90 Å². The number of rotatable bonds is 4. The average Bonchev–Trinajstić information content (AvgIpc) is 2.65. The van der Waals surface area contributed by atoms with Crippen molar-refractivity contribution in [2.45, 2.75) is 25.9 Å². The fraction of sp³-hybridized carbons (Fsp3) is 0.800. The summed E-state index contributed by atoms with van der Waals surface area (Å²) < 4.78 is 0. The van der Waals surface area contributed by atoms with Gasteiger partial charge in [0.15, 0.2) is 0 Å². The number of amides is 2. The lowest BCUT2D eigenvalue weighted by molar-refractivity contribution is -0.141. The molecule has 0 aromatic heterocycles. The van der Waals surface area contributed by atoms with Crippen LogP contribution in [-0.2, 0) is 4.79 Å². The number of β-amino-alcohol motifs (C(OH)–C–C–N with tert-alkyl or cyclic N) is 1. The van der Waals surface area contributed by atoms with Crippen LogP contribution in [0.25, 0.3) is 0 Å². The number of nitrogens with one attached hydrogen (secondary N) is 1. The molecule has 0 bridgehead atoms. The molecule has 2 amide bonds. The fourth-order valence-electron chi connectivity index (χ4n) is 1.65. The minimum absolute atomic E-state index is 0.136. The van der Waals surface area contributed by atoms with Crippen LogP contribution in [0.4, 0.5) is 4.79 Å². The number of hydrogen-bond donors (Lipinski definition) is 3. The molecule has 1 aliphatic heterocycles. The predicted molar refractivity (Wildman–Crippen MR) is 57.0 cm³/mol. The van der Waals surface area contributed by atoms with Gasteiger partial charge in [0, 0.05) is 19.6 Å². The van der Waals surface area contributed by atoms with Crippen LogP contribution in [0.15, 0.2) is 0 Å². The number of urea groups is 1. The largest absolute Gasteiger partial charge is 0.481 e. The maximum absolute atomic E-state index is 11.5. The van der Waals surface area contributed by atoms with Gasteiger partial charge < -0.3 is 20.4 Å². The van der Waals surface area contributed by atoms with Crippen LogP contribution in [0.3, 0.4) is 0 Å². The number of carbonyl (C=O) groups excluding carboxylic acids is 1. The van der Waals surface area contributed by atoms with Gasteiger partial charge in [-0.3, -0.25) is 4.79 Å². The van der Waals surface area contributed by atoms with E-state index in [4.69, 9.17) is 5.11 Å². The molecule has 2 unspecified atom stereocenters. The molecule has 0 aromatic rings. The molecule has 0 spiro atoms. The smallest absolute Gasteiger partial charge is 0.317 e. The molecule has 6 heteroatoms. The molecular weight excluding hydrogens is 212 g/mol. The van der Waals surface area contributed by atoms with Crippen LogP contribution in [-0.4, -0.2) is 52.9 Å². The summed E-state index contributed by atoms with van der Waals surface area (Å²) in [6, 6.07) is -0.295. The first-order valence-corrected chi connectivity index (χ1v) is 5.48. The second-order valence-electron chi connectivity index (χ2n) is 4.02. The molecule has 1 fully saturated rings. The van der Waals surface area contributed by atoms with Gasteiger partial charge in [-0.05, 0) is 12.8 Å². The molecule has 1 heterocycles. The third kappa shape index (κ3) is 3.37. The lowest BCUT2D eigenvalue weighted by Crippen LogP contribution is -2.42. The van der Waals surface area contributed by atoms with Crippen molar-refractivity contribution in [3.63, 3.8) is 0 Å². The van der Waals surface area contributed by atoms with Gasteiger partial charge in [0.25, 0.3) is 0 Å². The first kappa shape index (κ1) is 12.8. The highest BCUT2D eigenvalue weighted by molar-refractivity contribution is 5.76. The molecule has 0 saturated carbocycles. The lowest BCUT2D eigenvalue weighted by atomic mass is 10.1. The molecule has 0 radical (unpaired) electrons. The average molecular weight is 230 g/mol. The van der Waals surface area contributed by atoms with Crippen molar-refractivity contribution in [1.29, 1.82) is 0 Å². The van der Waals surface area contributed by atoms with Crippen LogP contribution in [0.1, 0.15) is 19.8 Å². The summed E-state index contributed by atoms with van der Waals surface area (Å²) in [5, 5.41) is 20.6. The van der Waals surface area contributed by atoms with Gasteiger partial charge in [0.1, 0.15) is 0 Å². The van der Waals surface area contributed by atoms with Crippen molar-refractivity contribution in [3.8, 4) is 0 Å². The van der Waals surface area contributed by atoms with E-state index in [0.29, 0.717) is 25.9 Å². The van der Waals surface area contributed by atoms with E-state index in [0.717, 1.165) is 0 Å². The topological polar surface area (TPSA) is 89.9 Å². The van der Waals surface area contributed by atoms with Crippen molar-refractivity contribution in [2.75, 3.05) is 19.6 Å². The predicted octanol–water partition coefficient (Wildman–Crippen LogP) is -0.127. The summed E-state index contributed by atoms with van der Waals surface area (Å²) in [5.74, 6) is -1.44. The van der Waals surface area contributed by atoms with Crippen molar-refractivity contribution in [2.24, 2.45) is 5.92 Å². The quantitative estimate of drug-likeness (QED) is 0.627. The van der Waals surface area contributed by atoms with Crippen LogP contribution < -0.4 is 5.32 Å². The van der Waals surface area contributed by atoms with Gasteiger partial charge >= 0.3 is 12.0 Å². The summed E-state index contributed by atoms with van der Waals surface area (Å²) in [7, 11) is 0. The van der Waals surface area contributed by atoms with E-state index in [1.54, 1.807) is 6.92 Å². The minimum Gasteiger partial charge on any atom is -0.481 e. The van der Waals surface area contributed by atoms with Crippen molar-refractivity contribution in [1.82, 2.24) is 10.2 Å². The van der Waals surface area contributed by atoms with Gasteiger partial charge in [-0.2, -0.15) is 0 Å². The zero-order valence-corrected chi connectivity index (χ0v) is 9.35. The normalized spacial score (nSPS) is 21.9. The molecule has 3 N–H and O–H groups in total. The van der Waals surface area contributed by atoms with E-state index in [1.807, 2.05) is 0 Å². The third-order valence-corrected chi connectivity index (χ3v) is 2.79. The Bertz CT molecular complexity index is 270. The molecule has 6 nitrogen and oxygen atoms in total. The van der Waals surface area contributed by atoms with Gasteiger partial charge in [0.05, 0.1) is 12.0 Å². The number of hydrogen-bond acceptors (Lipinski definition) is 3. The number of carbonyl (C=O) groups is 2. The Morgan fingerprint density at radius 3 is 2.69 bits per heavy atom. The Balaban J connectivity index is 2.32. The number of likely N-dealkylation sites (tertiary alicyclic amines) is 1. The summed E-state index contributed by atoms with van der Waals surface area (Å²) in [5.41, 5.74) is 0. The molecule has 1 aliphatic rings.